The van der Waals surface area contributed by atoms with E-state index >= 15 is 0 Å². The predicted octanol–water partition coefficient (Wildman–Crippen LogP) is 3.83. The topological polar surface area (TPSA) is 122 Å². The molecular formula is C23H22N4O5. The monoisotopic (exact) mass is 434 g/mol. The molecule has 1 aliphatic rings. The Bertz CT molecular complexity index is 1090. The first-order valence-corrected chi connectivity index (χ1v) is 10.1. The Labute approximate surface area is 184 Å². The van der Waals surface area contributed by atoms with Crippen LogP contribution in [0.5, 0.6) is 5.75 Å². The number of amides is 4. The van der Waals surface area contributed by atoms with E-state index in [4.69, 9.17) is 9.15 Å². The fraction of sp³-hybridized carbons (Fsp3) is 0.174. The molecule has 164 valence electrons. The van der Waals surface area contributed by atoms with Crippen LogP contribution in [-0.4, -0.2) is 30.5 Å². The van der Waals surface area contributed by atoms with Gasteiger partial charge in [-0.25, -0.2) is 4.79 Å². The summed E-state index contributed by atoms with van der Waals surface area (Å²) >= 11 is 0. The number of carbonyl (C=O) groups excluding carboxylic acids is 3. The summed E-state index contributed by atoms with van der Waals surface area (Å²) in [5.41, 5.74) is 1.72. The van der Waals surface area contributed by atoms with Gasteiger partial charge in [-0.1, -0.05) is 6.07 Å². The Hall–Kier alpha value is -4.27. The summed E-state index contributed by atoms with van der Waals surface area (Å²) in [6, 6.07) is 16.7. The number of anilines is 3. The molecule has 1 aliphatic carbocycles. The lowest BCUT2D eigenvalue weighted by Gasteiger charge is -2.10. The van der Waals surface area contributed by atoms with Crippen LogP contribution >= 0.6 is 0 Å². The van der Waals surface area contributed by atoms with Gasteiger partial charge in [-0.05, 0) is 61.4 Å². The van der Waals surface area contributed by atoms with Gasteiger partial charge in [0, 0.05) is 29.2 Å². The number of hydrogen-bond donors (Lipinski definition) is 4. The molecule has 1 heterocycles. The van der Waals surface area contributed by atoms with Gasteiger partial charge in [0.25, 0.3) is 11.8 Å². The number of nitrogens with one attached hydrogen (secondary N) is 4. The minimum absolute atomic E-state index is 0.195. The molecule has 3 aromatic rings. The summed E-state index contributed by atoms with van der Waals surface area (Å²) in [5.74, 6) is -0.103. The van der Waals surface area contributed by atoms with E-state index in [1.54, 1.807) is 60.7 Å². The van der Waals surface area contributed by atoms with Crippen molar-refractivity contribution in [3.8, 4) is 5.75 Å². The molecule has 0 atom stereocenters. The second-order valence-corrected chi connectivity index (χ2v) is 7.25. The highest BCUT2D eigenvalue weighted by molar-refractivity contribution is 6.02. The highest BCUT2D eigenvalue weighted by atomic mass is 16.5. The molecule has 4 N–H and O–H groups in total. The second kappa shape index (κ2) is 9.69. The maximum absolute atomic E-state index is 12.2. The molecule has 0 bridgehead atoms. The fourth-order valence-corrected chi connectivity index (χ4v) is 2.83. The van der Waals surface area contributed by atoms with E-state index in [-0.39, 0.29) is 36.3 Å². The smallest absolute Gasteiger partial charge is 0.319 e. The minimum atomic E-state index is -0.382. The summed E-state index contributed by atoms with van der Waals surface area (Å²) < 4.78 is 10.6. The van der Waals surface area contributed by atoms with E-state index in [2.05, 4.69) is 21.3 Å². The quantitative estimate of drug-likeness (QED) is 0.429. The third kappa shape index (κ3) is 6.11. The zero-order chi connectivity index (χ0) is 22.3. The molecule has 9 nitrogen and oxygen atoms in total. The molecule has 2 aromatic carbocycles. The lowest BCUT2D eigenvalue weighted by Crippen LogP contribution is -2.30. The van der Waals surface area contributed by atoms with E-state index < -0.39 is 0 Å². The van der Waals surface area contributed by atoms with Crippen LogP contribution in [0.2, 0.25) is 0 Å². The third-order valence-electron chi connectivity index (χ3n) is 4.55. The van der Waals surface area contributed by atoms with Crippen molar-refractivity contribution in [3.63, 3.8) is 0 Å². The van der Waals surface area contributed by atoms with Crippen LogP contribution in [0.4, 0.5) is 21.9 Å². The molecule has 9 heteroatoms. The van der Waals surface area contributed by atoms with E-state index in [0.29, 0.717) is 22.8 Å². The van der Waals surface area contributed by atoms with Gasteiger partial charge in [0.05, 0.1) is 6.26 Å². The summed E-state index contributed by atoms with van der Waals surface area (Å²) in [6.07, 6.45) is 3.46. The largest absolute Gasteiger partial charge is 0.484 e. The van der Waals surface area contributed by atoms with E-state index in [1.165, 1.54) is 6.26 Å². The molecule has 4 amide bonds. The van der Waals surface area contributed by atoms with Gasteiger partial charge in [0.1, 0.15) is 5.75 Å². The highest BCUT2D eigenvalue weighted by Gasteiger charge is 2.23. The third-order valence-corrected chi connectivity index (χ3v) is 4.55. The number of rotatable bonds is 8. The summed E-state index contributed by atoms with van der Waals surface area (Å²) in [7, 11) is 0. The molecule has 1 aromatic heterocycles. The SMILES string of the molecule is O=C(COc1cccc(NC(=O)c2ccco2)c1)Nc1ccc(NC(=O)NC2CC2)cc1. The first-order valence-electron chi connectivity index (χ1n) is 10.1. The molecule has 1 saturated carbocycles. The predicted molar refractivity (Wildman–Crippen MR) is 119 cm³/mol. The molecular weight excluding hydrogens is 412 g/mol. The molecule has 0 unspecified atom stereocenters. The van der Waals surface area contributed by atoms with Crippen molar-refractivity contribution in [2.75, 3.05) is 22.6 Å². The summed E-state index contributed by atoms with van der Waals surface area (Å²) in [5, 5.41) is 11.0. The van der Waals surface area contributed by atoms with Crippen molar-refractivity contribution < 1.29 is 23.5 Å². The Morgan fingerprint density at radius 2 is 1.62 bits per heavy atom. The average molecular weight is 434 g/mol. The summed E-state index contributed by atoms with van der Waals surface area (Å²) in [4.78, 5) is 36.0. The van der Waals surface area contributed by atoms with Crippen LogP contribution in [-0.2, 0) is 4.79 Å². The Morgan fingerprint density at radius 1 is 0.875 bits per heavy atom. The number of ether oxygens (including phenoxy) is 1. The Balaban J connectivity index is 1.24. The number of hydrogen-bond acceptors (Lipinski definition) is 5. The van der Waals surface area contributed by atoms with Gasteiger partial charge in [-0.3, -0.25) is 9.59 Å². The van der Waals surface area contributed by atoms with Crippen molar-refractivity contribution in [2.45, 2.75) is 18.9 Å². The van der Waals surface area contributed by atoms with Crippen LogP contribution in [0.25, 0.3) is 0 Å². The van der Waals surface area contributed by atoms with Crippen LogP contribution in [0.15, 0.2) is 71.3 Å². The van der Waals surface area contributed by atoms with Crippen LogP contribution < -0.4 is 26.0 Å². The van der Waals surface area contributed by atoms with Crippen molar-refractivity contribution >= 4 is 34.9 Å². The minimum Gasteiger partial charge on any atom is -0.484 e. The van der Waals surface area contributed by atoms with Gasteiger partial charge in [0.2, 0.25) is 0 Å². The highest BCUT2D eigenvalue weighted by Crippen LogP contribution is 2.20. The molecule has 4 rings (SSSR count). The molecule has 0 aliphatic heterocycles. The Morgan fingerprint density at radius 3 is 2.31 bits per heavy atom. The molecule has 0 spiro atoms. The van der Waals surface area contributed by atoms with Crippen LogP contribution in [0.3, 0.4) is 0 Å². The van der Waals surface area contributed by atoms with Crippen molar-refractivity contribution in [1.29, 1.82) is 0 Å². The van der Waals surface area contributed by atoms with Gasteiger partial charge >= 0.3 is 6.03 Å². The second-order valence-electron chi connectivity index (χ2n) is 7.25. The number of urea groups is 1. The maximum atomic E-state index is 12.2. The number of benzene rings is 2. The molecule has 1 fully saturated rings. The van der Waals surface area contributed by atoms with E-state index in [0.717, 1.165) is 12.8 Å². The van der Waals surface area contributed by atoms with E-state index in [1.807, 2.05) is 0 Å². The molecule has 0 radical (unpaired) electrons. The fourth-order valence-electron chi connectivity index (χ4n) is 2.83. The first-order chi connectivity index (χ1) is 15.5. The van der Waals surface area contributed by atoms with Crippen molar-refractivity contribution in [3.05, 3.63) is 72.7 Å². The lowest BCUT2D eigenvalue weighted by atomic mass is 10.2. The van der Waals surface area contributed by atoms with Crippen LogP contribution in [0.1, 0.15) is 23.4 Å². The zero-order valence-electron chi connectivity index (χ0n) is 17.1. The average Bonchev–Trinajstić information content (AvgIpc) is 3.41. The van der Waals surface area contributed by atoms with Gasteiger partial charge < -0.3 is 30.4 Å². The van der Waals surface area contributed by atoms with Crippen LogP contribution in [0, 0.1) is 0 Å². The van der Waals surface area contributed by atoms with Gasteiger partial charge in [-0.15, -0.1) is 0 Å². The lowest BCUT2D eigenvalue weighted by molar-refractivity contribution is -0.118. The zero-order valence-corrected chi connectivity index (χ0v) is 17.1. The molecule has 32 heavy (non-hydrogen) atoms. The van der Waals surface area contributed by atoms with Crippen molar-refractivity contribution in [1.82, 2.24) is 5.32 Å². The summed E-state index contributed by atoms with van der Waals surface area (Å²) in [6.45, 7) is -0.209. The van der Waals surface area contributed by atoms with Crippen molar-refractivity contribution in [2.24, 2.45) is 0 Å². The standard InChI is InChI=1S/C23H22N4O5/c28-21(24-15-6-8-16(9-7-15)26-23(30)27-17-10-11-17)14-32-19-4-1-3-18(13-19)25-22(29)20-5-2-12-31-20/h1-9,12-13,17H,10-11,14H2,(H,24,28)(H,25,29)(H2,26,27,30). The van der Waals surface area contributed by atoms with Gasteiger partial charge in [0.15, 0.2) is 12.4 Å². The van der Waals surface area contributed by atoms with E-state index in [9.17, 15) is 14.4 Å². The van der Waals surface area contributed by atoms with Gasteiger partial charge in [-0.2, -0.15) is 0 Å². The molecule has 0 saturated heterocycles. The maximum Gasteiger partial charge on any atom is 0.319 e. The first kappa shape index (κ1) is 21.0. The number of furan rings is 1. The normalized spacial score (nSPS) is 12.5. The Kier molecular flexibility index (Phi) is 6.35. The number of carbonyl (C=O) groups is 3.